The van der Waals surface area contributed by atoms with Crippen molar-refractivity contribution in [2.75, 3.05) is 83.4 Å². The lowest BCUT2D eigenvalue weighted by Crippen LogP contribution is -2.43. The monoisotopic (exact) mass is 586 g/mol. The molecule has 0 spiro atoms. The van der Waals surface area contributed by atoms with Crippen LogP contribution in [0.4, 0.5) is 15.6 Å². The van der Waals surface area contributed by atoms with Gasteiger partial charge in [0.15, 0.2) is 5.13 Å². The van der Waals surface area contributed by atoms with Gasteiger partial charge >= 0.3 is 6.03 Å². The summed E-state index contributed by atoms with van der Waals surface area (Å²) in [6, 6.07) is 8.95. The Hall–Kier alpha value is -2.96. The summed E-state index contributed by atoms with van der Waals surface area (Å²) in [6.07, 6.45) is 0. The van der Waals surface area contributed by atoms with E-state index in [-0.39, 0.29) is 10.6 Å². The van der Waals surface area contributed by atoms with Gasteiger partial charge in [0.1, 0.15) is 5.75 Å². The lowest BCUT2D eigenvalue weighted by molar-refractivity contribution is 0.0841. The van der Waals surface area contributed by atoms with E-state index < -0.39 is 11.9 Å². The summed E-state index contributed by atoms with van der Waals surface area (Å²) in [4.78, 5) is 38.9. The molecular formula is C28H35ClN6O4S. The van der Waals surface area contributed by atoms with Crippen molar-refractivity contribution in [3.63, 3.8) is 0 Å². The van der Waals surface area contributed by atoms with Gasteiger partial charge in [0, 0.05) is 58.9 Å². The molecule has 5 rings (SSSR count). The summed E-state index contributed by atoms with van der Waals surface area (Å²) in [5.74, 6) is 0.0788. The van der Waals surface area contributed by atoms with E-state index in [1.165, 1.54) is 23.9 Å². The summed E-state index contributed by atoms with van der Waals surface area (Å²) in [5.41, 5.74) is 3.00. The molecule has 10 nitrogen and oxygen atoms in total. The largest absolute Gasteiger partial charge is 0.492 e. The number of fused-ring (bicyclic) bond motifs is 1. The molecule has 1 N–H and O–H groups in total. The van der Waals surface area contributed by atoms with Gasteiger partial charge < -0.3 is 19.3 Å². The predicted octanol–water partition coefficient (Wildman–Crippen LogP) is 4.24. The van der Waals surface area contributed by atoms with E-state index in [1.807, 2.05) is 13.0 Å². The van der Waals surface area contributed by atoms with Crippen LogP contribution in [0, 0.1) is 0 Å². The lowest BCUT2D eigenvalue weighted by Gasteiger charge is -2.32. The Morgan fingerprint density at radius 2 is 1.88 bits per heavy atom. The van der Waals surface area contributed by atoms with Gasteiger partial charge in [-0.1, -0.05) is 29.0 Å². The van der Waals surface area contributed by atoms with Crippen molar-refractivity contribution in [2.45, 2.75) is 13.5 Å². The van der Waals surface area contributed by atoms with Crippen LogP contribution in [0.25, 0.3) is 10.2 Å². The van der Waals surface area contributed by atoms with Crippen molar-refractivity contribution in [1.29, 1.82) is 0 Å². The number of amides is 3. The minimum absolute atomic E-state index is 0.220. The van der Waals surface area contributed by atoms with E-state index in [0.29, 0.717) is 43.8 Å². The van der Waals surface area contributed by atoms with Crippen LogP contribution in [0.5, 0.6) is 5.75 Å². The van der Waals surface area contributed by atoms with Crippen molar-refractivity contribution < 1.29 is 19.1 Å². The van der Waals surface area contributed by atoms with E-state index in [2.05, 4.69) is 44.2 Å². The molecule has 214 valence electrons. The number of rotatable bonds is 7. The van der Waals surface area contributed by atoms with Crippen LogP contribution in [0.2, 0.25) is 5.02 Å². The fourth-order valence-electron chi connectivity index (χ4n) is 4.86. The van der Waals surface area contributed by atoms with Crippen LogP contribution < -0.4 is 15.0 Å². The Kier molecular flexibility index (Phi) is 9.07. The van der Waals surface area contributed by atoms with Crippen molar-refractivity contribution >= 4 is 55.9 Å². The average Bonchev–Trinajstić information content (AvgIpc) is 3.35. The molecule has 0 atom stereocenters. The van der Waals surface area contributed by atoms with Crippen LogP contribution in [-0.2, 0) is 11.3 Å². The first-order chi connectivity index (χ1) is 19.3. The zero-order chi connectivity index (χ0) is 28.2. The van der Waals surface area contributed by atoms with Gasteiger partial charge in [0.05, 0.1) is 46.3 Å². The van der Waals surface area contributed by atoms with Gasteiger partial charge in [-0.2, -0.15) is 0 Å². The summed E-state index contributed by atoms with van der Waals surface area (Å²) < 4.78 is 12.3. The zero-order valence-corrected chi connectivity index (χ0v) is 24.7. The quantitative estimate of drug-likeness (QED) is 0.440. The first-order valence-electron chi connectivity index (χ1n) is 13.5. The molecular weight excluding hydrogens is 552 g/mol. The summed E-state index contributed by atoms with van der Waals surface area (Å²) in [7, 11) is 3.58. The van der Waals surface area contributed by atoms with Gasteiger partial charge in [-0.3, -0.25) is 19.9 Å². The number of benzene rings is 2. The number of morpholine rings is 1. The Morgan fingerprint density at radius 3 is 2.60 bits per heavy atom. The Labute approximate surface area is 243 Å². The number of nitrogens with zero attached hydrogens (tertiary/aromatic N) is 5. The smallest absolute Gasteiger partial charge is 0.330 e. The highest BCUT2D eigenvalue weighted by Gasteiger charge is 2.26. The molecule has 0 unspecified atom stereocenters. The van der Waals surface area contributed by atoms with E-state index in [0.717, 1.165) is 53.5 Å². The van der Waals surface area contributed by atoms with Crippen LogP contribution >= 0.6 is 22.9 Å². The molecule has 0 bridgehead atoms. The number of urea groups is 1. The van der Waals surface area contributed by atoms with Crippen LogP contribution in [0.3, 0.4) is 0 Å². The number of carbonyl (C=O) groups is 2. The number of imide groups is 1. The molecule has 12 heteroatoms. The number of nitrogens with one attached hydrogen (secondary N) is 1. The Balaban J connectivity index is 1.28. The second-order valence-electron chi connectivity index (χ2n) is 10.0. The maximum absolute atomic E-state index is 13.4. The third kappa shape index (κ3) is 6.50. The standard InChI is InChI=1S/C28H35ClN6O4S/c1-4-39-24-17-21(29)20(16-23(24)35-11-13-38-14-12-35)26(36)33(3)28(37)31-27-30-22-6-5-19(15-25(22)40-27)18-34-9-7-32(2)8-10-34/h5-6,15-17H,4,7-14,18H2,1-3H3,(H,30,31,37). The van der Waals surface area contributed by atoms with Gasteiger partial charge in [-0.25, -0.2) is 9.78 Å². The lowest BCUT2D eigenvalue weighted by atomic mass is 10.1. The van der Waals surface area contributed by atoms with Gasteiger partial charge in [-0.15, -0.1) is 0 Å². The van der Waals surface area contributed by atoms with Crippen LogP contribution in [0.15, 0.2) is 30.3 Å². The number of aromatic nitrogens is 1. The second kappa shape index (κ2) is 12.7. The number of halogens is 1. The molecule has 0 radical (unpaired) electrons. The number of ether oxygens (including phenoxy) is 2. The molecule has 2 aromatic carbocycles. The van der Waals surface area contributed by atoms with E-state index in [4.69, 9.17) is 21.1 Å². The molecule has 0 saturated carbocycles. The number of piperazine rings is 1. The molecule has 2 fully saturated rings. The molecule has 2 aliphatic heterocycles. The van der Waals surface area contributed by atoms with Crippen molar-refractivity contribution in [3.05, 3.63) is 46.5 Å². The highest BCUT2D eigenvalue weighted by molar-refractivity contribution is 7.22. The first kappa shape index (κ1) is 28.6. The molecule has 40 heavy (non-hydrogen) atoms. The summed E-state index contributed by atoms with van der Waals surface area (Å²) in [5, 5.41) is 3.43. The third-order valence-electron chi connectivity index (χ3n) is 7.21. The third-order valence-corrected chi connectivity index (χ3v) is 8.46. The number of hydrogen-bond acceptors (Lipinski definition) is 9. The summed E-state index contributed by atoms with van der Waals surface area (Å²) in [6.45, 7) is 9.97. The predicted molar refractivity (Wildman–Crippen MR) is 159 cm³/mol. The SMILES string of the molecule is CCOc1cc(Cl)c(C(=O)N(C)C(=O)Nc2nc3ccc(CN4CCN(C)CC4)cc3s2)cc1N1CCOCC1. The molecule has 0 aliphatic carbocycles. The van der Waals surface area contributed by atoms with Crippen molar-refractivity contribution in [3.8, 4) is 5.75 Å². The fraction of sp³-hybridized carbons (Fsp3) is 0.464. The van der Waals surface area contributed by atoms with E-state index >= 15 is 0 Å². The molecule has 3 heterocycles. The molecule has 1 aromatic heterocycles. The first-order valence-corrected chi connectivity index (χ1v) is 14.7. The maximum Gasteiger partial charge on any atom is 0.330 e. The number of hydrogen-bond donors (Lipinski definition) is 1. The minimum atomic E-state index is -0.584. The fourth-order valence-corrected chi connectivity index (χ4v) is 6.02. The number of anilines is 2. The zero-order valence-electron chi connectivity index (χ0n) is 23.1. The summed E-state index contributed by atoms with van der Waals surface area (Å²) >= 11 is 7.90. The number of carbonyl (C=O) groups excluding carboxylic acids is 2. The highest BCUT2D eigenvalue weighted by Crippen LogP contribution is 2.35. The van der Waals surface area contributed by atoms with Crippen LogP contribution in [0.1, 0.15) is 22.8 Å². The van der Waals surface area contributed by atoms with E-state index in [9.17, 15) is 9.59 Å². The number of likely N-dealkylation sites (N-methyl/N-ethyl adjacent to an activating group) is 1. The molecule has 3 amide bonds. The molecule has 3 aromatic rings. The van der Waals surface area contributed by atoms with Gasteiger partial charge in [-0.05, 0) is 37.7 Å². The van der Waals surface area contributed by atoms with Gasteiger partial charge in [0.25, 0.3) is 5.91 Å². The van der Waals surface area contributed by atoms with Gasteiger partial charge in [0.2, 0.25) is 0 Å². The Morgan fingerprint density at radius 1 is 1.12 bits per heavy atom. The molecule has 2 saturated heterocycles. The Bertz CT molecular complexity index is 1370. The molecule has 2 aliphatic rings. The minimum Gasteiger partial charge on any atom is -0.492 e. The normalized spacial score (nSPS) is 16.8. The second-order valence-corrected chi connectivity index (χ2v) is 11.5. The van der Waals surface area contributed by atoms with Crippen molar-refractivity contribution in [2.24, 2.45) is 0 Å². The maximum atomic E-state index is 13.4. The van der Waals surface area contributed by atoms with Crippen molar-refractivity contribution in [1.82, 2.24) is 19.7 Å². The average molecular weight is 587 g/mol. The van der Waals surface area contributed by atoms with Crippen LogP contribution in [-0.4, -0.2) is 105 Å². The number of thiazole rings is 1. The van der Waals surface area contributed by atoms with E-state index in [1.54, 1.807) is 12.1 Å². The highest BCUT2D eigenvalue weighted by atomic mass is 35.5. The topological polar surface area (TPSA) is 90.5 Å².